The molecule has 98 valence electrons. The van der Waals surface area contributed by atoms with E-state index < -0.39 is 5.97 Å². The van der Waals surface area contributed by atoms with Crippen LogP contribution in [0.15, 0.2) is 24.3 Å². The van der Waals surface area contributed by atoms with Gasteiger partial charge < -0.3 is 10.4 Å². The van der Waals surface area contributed by atoms with E-state index in [1.165, 1.54) is 32.1 Å². The molecule has 2 atom stereocenters. The highest BCUT2D eigenvalue weighted by Gasteiger charge is 2.16. The van der Waals surface area contributed by atoms with Gasteiger partial charge in [0.2, 0.25) is 0 Å². The van der Waals surface area contributed by atoms with Crippen LogP contribution in [0.2, 0.25) is 0 Å². The third-order valence-electron chi connectivity index (χ3n) is 3.74. The summed E-state index contributed by atoms with van der Waals surface area (Å²) in [5.41, 5.74) is 1.27. The quantitative estimate of drug-likeness (QED) is 0.799. The second kappa shape index (κ2) is 5.89. The molecular weight excluding hydrogens is 226 g/mol. The zero-order chi connectivity index (χ0) is 13.0. The lowest BCUT2D eigenvalue weighted by molar-refractivity contribution is 0.0697. The molecule has 3 nitrogen and oxygen atoms in total. The minimum absolute atomic E-state index is 0.349. The van der Waals surface area contributed by atoms with Crippen molar-refractivity contribution in [3.8, 4) is 0 Å². The SMILES string of the molecule is CC1CCCC(Nc2cccc(C(=O)O)c2)CC1. The molecule has 0 radical (unpaired) electrons. The van der Waals surface area contributed by atoms with Crippen LogP contribution in [0.4, 0.5) is 5.69 Å². The van der Waals surface area contributed by atoms with E-state index >= 15 is 0 Å². The molecular formula is C15H21NO2. The van der Waals surface area contributed by atoms with Gasteiger partial charge in [-0.2, -0.15) is 0 Å². The number of benzene rings is 1. The van der Waals surface area contributed by atoms with E-state index in [9.17, 15) is 4.79 Å². The van der Waals surface area contributed by atoms with Gasteiger partial charge in [-0.05, 0) is 43.4 Å². The number of hydrogen-bond donors (Lipinski definition) is 2. The number of rotatable bonds is 3. The van der Waals surface area contributed by atoms with Gasteiger partial charge >= 0.3 is 5.97 Å². The predicted octanol–water partition coefficient (Wildman–Crippen LogP) is 3.77. The monoisotopic (exact) mass is 247 g/mol. The molecule has 0 aromatic heterocycles. The van der Waals surface area contributed by atoms with Crippen molar-refractivity contribution >= 4 is 11.7 Å². The van der Waals surface area contributed by atoms with E-state index in [4.69, 9.17) is 5.11 Å². The Morgan fingerprint density at radius 2 is 2.11 bits per heavy atom. The van der Waals surface area contributed by atoms with E-state index in [0.29, 0.717) is 11.6 Å². The van der Waals surface area contributed by atoms with Gasteiger partial charge in [0.1, 0.15) is 0 Å². The maximum atomic E-state index is 10.9. The Hall–Kier alpha value is -1.51. The van der Waals surface area contributed by atoms with E-state index in [0.717, 1.165) is 11.6 Å². The fourth-order valence-electron chi connectivity index (χ4n) is 2.61. The average Bonchev–Trinajstić information content (AvgIpc) is 2.55. The second-order valence-corrected chi connectivity index (χ2v) is 5.34. The molecule has 1 saturated carbocycles. The molecule has 3 heteroatoms. The van der Waals surface area contributed by atoms with Gasteiger partial charge in [0, 0.05) is 11.7 Å². The predicted molar refractivity (Wildman–Crippen MR) is 73.1 cm³/mol. The Bertz CT molecular complexity index is 417. The van der Waals surface area contributed by atoms with Crippen LogP contribution in [0, 0.1) is 5.92 Å². The van der Waals surface area contributed by atoms with Crippen LogP contribution in [0.1, 0.15) is 49.4 Å². The van der Waals surface area contributed by atoms with Gasteiger partial charge in [-0.1, -0.05) is 25.8 Å². The Kier molecular flexibility index (Phi) is 4.24. The summed E-state index contributed by atoms with van der Waals surface area (Å²) in [7, 11) is 0. The van der Waals surface area contributed by atoms with Crippen molar-refractivity contribution < 1.29 is 9.90 Å². The Morgan fingerprint density at radius 3 is 2.89 bits per heavy atom. The highest BCUT2D eigenvalue weighted by Crippen LogP contribution is 2.25. The molecule has 0 bridgehead atoms. The number of carboxylic acids is 1. The standard InChI is InChI=1S/C15H21NO2/c1-11-4-2-6-13(9-8-11)16-14-7-3-5-12(10-14)15(17)18/h3,5,7,10-11,13,16H,2,4,6,8-9H2,1H3,(H,17,18). The molecule has 1 aromatic rings. The highest BCUT2D eigenvalue weighted by atomic mass is 16.4. The Morgan fingerprint density at radius 1 is 1.28 bits per heavy atom. The first-order valence-corrected chi connectivity index (χ1v) is 6.75. The molecule has 18 heavy (non-hydrogen) atoms. The lowest BCUT2D eigenvalue weighted by Gasteiger charge is -2.18. The molecule has 0 amide bonds. The van der Waals surface area contributed by atoms with Crippen LogP contribution in [-0.2, 0) is 0 Å². The zero-order valence-corrected chi connectivity index (χ0v) is 10.9. The number of nitrogens with one attached hydrogen (secondary N) is 1. The van der Waals surface area contributed by atoms with E-state index in [1.54, 1.807) is 18.2 Å². The lowest BCUT2D eigenvalue weighted by Crippen LogP contribution is -2.18. The summed E-state index contributed by atoms with van der Waals surface area (Å²) in [5.74, 6) is -0.0460. The molecule has 2 rings (SSSR count). The number of carboxylic acid groups (broad SMARTS) is 1. The van der Waals surface area contributed by atoms with Gasteiger partial charge in [0.05, 0.1) is 5.56 Å². The van der Waals surface area contributed by atoms with Gasteiger partial charge in [0.25, 0.3) is 0 Å². The van der Waals surface area contributed by atoms with Crippen LogP contribution in [0.25, 0.3) is 0 Å². The van der Waals surface area contributed by atoms with Gasteiger partial charge in [-0.25, -0.2) is 4.79 Å². The first-order valence-electron chi connectivity index (χ1n) is 6.75. The average molecular weight is 247 g/mol. The molecule has 2 N–H and O–H groups in total. The summed E-state index contributed by atoms with van der Waals surface area (Å²) < 4.78 is 0. The first-order chi connectivity index (χ1) is 8.65. The van der Waals surface area contributed by atoms with Crippen molar-refractivity contribution in [1.82, 2.24) is 0 Å². The van der Waals surface area contributed by atoms with Crippen LogP contribution in [-0.4, -0.2) is 17.1 Å². The normalized spacial score (nSPS) is 24.3. The van der Waals surface area contributed by atoms with E-state index in [1.807, 2.05) is 6.07 Å². The highest BCUT2D eigenvalue weighted by molar-refractivity contribution is 5.88. The topological polar surface area (TPSA) is 49.3 Å². The van der Waals surface area contributed by atoms with Crippen molar-refractivity contribution in [1.29, 1.82) is 0 Å². The summed E-state index contributed by atoms with van der Waals surface area (Å²) >= 11 is 0. The largest absolute Gasteiger partial charge is 0.478 e. The second-order valence-electron chi connectivity index (χ2n) is 5.34. The van der Waals surface area contributed by atoms with Gasteiger partial charge in [-0.3, -0.25) is 0 Å². The number of carbonyl (C=O) groups is 1. The summed E-state index contributed by atoms with van der Waals surface area (Å²) in [6.07, 6.45) is 6.20. The van der Waals surface area contributed by atoms with Crippen LogP contribution >= 0.6 is 0 Å². The Balaban J connectivity index is 2.00. The summed E-state index contributed by atoms with van der Waals surface area (Å²) in [6, 6.07) is 7.57. The molecule has 1 fully saturated rings. The lowest BCUT2D eigenvalue weighted by atomic mass is 10.0. The van der Waals surface area contributed by atoms with E-state index in [-0.39, 0.29) is 0 Å². The zero-order valence-electron chi connectivity index (χ0n) is 10.9. The van der Waals surface area contributed by atoms with Crippen molar-refractivity contribution in [3.63, 3.8) is 0 Å². The van der Waals surface area contributed by atoms with Gasteiger partial charge in [0.15, 0.2) is 0 Å². The number of aromatic carboxylic acids is 1. The van der Waals surface area contributed by atoms with E-state index in [2.05, 4.69) is 12.2 Å². The van der Waals surface area contributed by atoms with Crippen molar-refractivity contribution in [2.24, 2.45) is 5.92 Å². The van der Waals surface area contributed by atoms with Crippen LogP contribution in [0.5, 0.6) is 0 Å². The molecule has 0 spiro atoms. The first kappa shape index (κ1) is 12.9. The smallest absolute Gasteiger partial charge is 0.335 e. The summed E-state index contributed by atoms with van der Waals surface area (Å²) in [4.78, 5) is 10.9. The van der Waals surface area contributed by atoms with Crippen LogP contribution in [0.3, 0.4) is 0 Å². The van der Waals surface area contributed by atoms with Crippen LogP contribution < -0.4 is 5.32 Å². The third-order valence-corrected chi connectivity index (χ3v) is 3.74. The number of anilines is 1. The summed E-state index contributed by atoms with van der Waals surface area (Å²) in [5, 5.41) is 12.4. The minimum atomic E-state index is -0.867. The molecule has 0 aliphatic heterocycles. The summed E-state index contributed by atoms with van der Waals surface area (Å²) in [6.45, 7) is 2.31. The molecule has 1 aromatic carbocycles. The third kappa shape index (κ3) is 3.49. The molecule has 1 aliphatic rings. The van der Waals surface area contributed by atoms with Gasteiger partial charge in [-0.15, -0.1) is 0 Å². The van der Waals surface area contributed by atoms with Crippen molar-refractivity contribution in [2.45, 2.75) is 45.1 Å². The van der Waals surface area contributed by atoms with Crippen molar-refractivity contribution in [3.05, 3.63) is 29.8 Å². The molecule has 0 heterocycles. The minimum Gasteiger partial charge on any atom is -0.478 e. The maximum absolute atomic E-state index is 10.9. The maximum Gasteiger partial charge on any atom is 0.335 e. The molecule has 0 saturated heterocycles. The number of hydrogen-bond acceptors (Lipinski definition) is 2. The fraction of sp³-hybridized carbons (Fsp3) is 0.533. The fourth-order valence-corrected chi connectivity index (χ4v) is 2.61. The Labute approximate surface area is 108 Å². The van der Waals surface area contributed by atoms with Crippen molar-refractivity contribution in [2.75, 3.05) is 5.32 Å². The molecule has 2 unspecified atom stereocenters. The molecule has 1 aliphatic carbocycles.